The number of carboxylic acid groups (broad SMARTS) is 1. The quantitative estimate of drug-likeness (QED) is 0.752. The topological polar surface area (TPSA) is 75.6 Å². The molecule has 5 nitrogen and oxygen atoms in total. The number of thiophene rings is 1. The average molecular weight is 283 g/mol. The molecular weight excluding hydrogens is 266 g/mol. The van der Waals surface area contributed by atoms with Crippen molar-refractivity contribution in [1.29, 1.82) is 0 Å². The zero-order valence-corrected chi connectivity index (χ0v) is 11.8. The first-order valence-electron chi connectivity index (χ1n) is 5.78. The highest BCUT2D eigenvalue weighted by Gasteiger charge is 2.23. The largest absolute Gasteiger partial charge is 0.495 e. The van der Waals surface area contributed by atoms with Crippen LogP contribution in [0, 0.1) is 6.92 Å². The molecule has 0 spiro atoms. The number of nitrogens with one attached hydrogen (secondary N) is 1. The molecule has 1 rings (SSSR count). The first kappa shape index (κ1) is 15.2. The van der Waals surface area contributed by atoms with Crippen molar-refractivity contribution >= 4 is 23.2 Å². The highest BCUT2D eigenvalue weighted by molar-refractivity contribution is 7.14. The molecule has 6 heteroatoms. The molecule has 1 amide bonds. The Balaban J connectivity index is 2.81. The fourth-order valence-corrected chi connectivity index (χ4v) is 2.45. The predicted octanol–water partition coefficient (Wildman–Crippen LogP) is 2.21. The van der Waals surface area contributed by atoms with E-state index in [0.29, 0.717) is 23.5 Å². The molecule has 1 aromatic heterocycles. The number of aryl methyl sites for hydroxylation is 1. The van der Waals surface area contributed by atoms with Gasteiger partial charge in [0, 0.05) is 4.88 Å². The first-order valence-corrected chi connectivity index (χ1v) is 6.60. The number of ether oxygens (including phenoxy) is 1. The number of hydrogen-bond donors (Lipinski definition) is 2. The lowest BCUT2D eigenvalue weighted by molar-refractivity contribution is -0.139. The van der Waals surface area contributed by atoms with Crippen molar-refractivity contribution in [1.82, 2.24) is 5.32 Å². The summed E-state index contributed by atoms with van der Waals surface area (Å²) in [5, 5.41) is 11.6. The Hall–Kier alpha value is -1.82. The van der Waals surface area contributed by atoms with E-state index in [1.807, 2.05) is 6.92 Å². The van der Waals surface area contributed by atoms with Crippen LogP contribution in [0.2, 0.25) is 0 Å². The van der Waals surface area contributed by atoms with Crippen LogP contribution in [-0.4, -0.2) is 30.1 Å². The summed E-state index contributed by atoms with van der Waals surface area (Å²) in [4.78, 5) is 24.4. The summed E-state index contributed by atoms with van der Waals surface area (Å²) < 4.78 is 5.10. The summed E-state index contributed by atoms with van der Waals surface area (Å²) in [7, 11) is 1.48. The van der Waals surface area contributed by atoms with Gasteiger partial charge in [0.25, 0.3) is 5.91 Å². The monoisotopic (exact) mass is 283 g/mol. The Morgan fingerprint density at radius 3 is 2.84 bits per heavy atom. The van der Waals surface area contributed by atoms with E-state index in [1.54, 1.807) is 12.1 Å². The van der Waals surface area contributed by atoms with Gasteiger partial charge in [-0.25, -0.2) is 4.79 Å². The molecular formula is C13H17NO4S. The second kappa shape index (κ2) is 6.94. The molecule has 2 N–H and O–H groups in total. The van der Waals surface area contributed by atoms with E-state index in [4.69, 9.17) is 9.84 Å². The molecule has 0 saturated carbocycles. The van der Waals surface area contributed by atoms with Crippen LogP contribution >= 0.6 is 11.3 Å². The summed E-state index contributed by atoms with van der Waals surface area (Å²) in [6, 6.07) is 0.830. The average Bonchev–Trinajstić information content (AvgIpc) is 2.75. The molecule has 1 heterocycles. The summed E-state index contributed by atoms with van der Waals surface area (Å²) in [6.07, 6.45) is 2.47. The van der Waals surface area contributed by atoms with Gasteiger partial charge in [-0.2, -0.15) is 0 Å². The minimum atomic E-state index is -1.05. The van der Waals surface area contributed by atoms with Crippen molar-refractivity contribution in [2.75, 3.05) is 7.11 Å². The van der Waals surface area contributed by atoms with Gasteiger partial charge >= 0.3 is 5.97 Å². The molecule has 1 unspecified atom stereocenters. The van der Waals surface area contributed by atoms with Crippen molar-refractivity contribution in [3.8, 4) is 5.75 Å². The lowest BCUT2D eigenvalue weighted by Gasteiger charge is -2.13. The number of carbonyl (C=O) groups excluding carboxylic acids is 1. The van der Waals surface area contributed by atoms with Crippen molar-refractivity contribution in [2.24, 2.45) is 0 Å². The molecule has 0 fully saturated rings. The van der Waals surface area contributed by atoms with Crippen LogP contribution in [0.1, 0.15) is 27.4 Å². The van der Waals surface area contributed by atoms with Crippen molar-refractivity contribution in [2.45, 2.75) is 25.8 Å². The highest BCUT2D eigenvalue weighted by Crippen LogP contribution is 2.28. The van der Waals surface area contributed by atoms with Crippen LogP contribution < -0.4 is 10.1 Å². The molecule has 104 valence electrons. The zero-order chi connectivity index (χ0) is 14.4. The number of carboxylic acids is 1. The Labute approximate surface area is 115 Å². The van der Waals surface area contributed by atoms with Gasteiger partial charge < -0.3 is 15.2 Å². The van der Waals surface area contributed by atoms with E-state index in [2.05, 4.69) is 11.9 Å². The highest BCUT2D eigenvalue weighted by atomic mass is 32.1. The Morgan fingerprint density at radius 2 is 2.32 bits per heavy atom. The molecule has 0 aliphatic heterocycles. The maximum Gasteiger partial charge on any atom is 0.326 e. The number of carbonyl (C=O) groups is 2. The van der Waals surface area contributed by atoms with Gasteiger partial charge in [-0.15, -0.1) is 17.9 Å². The zero-order valence-electron chi connectivity index (χ0n) is 10.9. The number of hydrogen-bond acceptors (Lipinski definition) is 4. The predicted molar refractivity (Wildman–Crippen MR) is 73.9 cm³/mol. The van der Waals surface area contributed by atoms with Crippen LogP contribution in [0.4, 0.5) is 0 Å². The molecule has 1 aromatic rings. The van der Waals surface area contributed by atoms with E-state index >= 15 is 0 Å². The van der Waals surface area contributed by atoms with Crippen LogP contribution in [0.25, 0.3) is 0 Å². The number of amides is 1. The Kier molecular flexibility index (Phi) is 5.57. The maximum absolute atomic E-state index is 12.0. The van der Waals surface area contributed by atoms with E-state index in [-0.39, 0.29) is 0 Å². The summed E-state index contributed by atoms with van der Waals surface area (Å²) in [5.74, 6) is -1.01. The van der Waals surface area contributed by atoms with Crippen LogP contribution in [0.3, 0.4) is 0 Å². The van der Waals surface area contributed by atoms with Crippen molar-refractivity contribution in [3.05, 3.63) is 28.5 Å². The Morgan fingerprint density at radius 1 is 1.63 bits per heavy atom. The molecule has 1 atom stereocenters. The molecule has 19 heavy (non-hydrogen) atoms. The smallest absolute Gasteiger partial charge is 0.326 e. The van der Waals surface area contributed by atoms with Crippen LogP contribution in [0.5, 0.6) is 5.75 Å². The number of methoxy groups -OCH3 is 1. The third-order valence-corrected chi connectivity index (χ3v) is 3.54. The Bertz CT molecular complexity index is 481. The van der Waals surface area contributed by atoms with Gasteiger partial charge in [0.2, 0.25) is 0 Å². The van der Waals surface area contributed by atoms with E-state index < -0.39 is 17.9 Å². The minimum absolute atomic E-state index is 0.317. The van der Waals surface area contributed by atoms with E-state index in [0.717, 1.165) is 4.88 Å². The van der Waals surface area contributed by atoms with Crippen LogP contribution in [-0.2, 0) is 4.79 Å². The van der Waals surface area contributed by atoms with Gasteiger partial charge in [-0.1, -0.05) is 6.08 Å². The fourth-order valence-electron chi connectivity index (χ4n) is 1.57. The van der Waals surface area contributed by atoms with Crippen molar-refractivity contribution in [3.63, 3.8) is 0 Å². The van der Waals surface area contributed by atoms with Crippen LogP contribution in [0.15, 0.2) is 18.7 Å². The first-order chi connectivity index (χ1) is 8.99. The molecule has 0 bridgehead atoms. The van der Waals surface area contributed by atoms with Gasteiger partial charge in [-0.3, -0.25) is 4.79 Å². The van der Waals surface area contributed by atoms with E-state index in [1.165, 1.54) is 18.4 Å². The fraction of sp³-hybridized carbons (Fsp3) is 0.385. The number of rotatable bonds is 7. The second-order valence-corrected chi connectivity index (χ2v) is 5.24. The SMILES string of the molecule is C=CCCC(NC(=O)c1sc(C)cc1OC)C(=O)O. The third-order valence-electron chi connectivity index (χ3n) is 2.51. The normalized spacial score (nSPS) is 11.7. The molecule has 0 saturated heterocycles. The van der Waals surface area contributed by atoms with Gasteiger partial charge in [0.1, 0.15) is 16.7 Å². The molecule has 0 radical (unpaired) electrons. The molecule has 0 aromatic carbocycles. The van der Waals surface area contributed by atoms with E-state index in [9.17, 15) is 9.59 Å². The maximum atomic E-state index is 12.0. The van der Waals surface area contributed by atoms with Gasteiger partial charge in [0.15, 0.2) is 0 Å². The summed E-state index contributed by atoms with van der Waals surface area (Å²) >= 11 is 1.27. The number of aliphatic carboxylic acids is 1. The standard InChI is InChI=1S/C13H17NO4S/c1-4-5-6-9(13(16)17)14-12(15)11-10(18-3)7-8(2)19-11/h4,7,9H,1,5-6H2,2-3H3,(H,14,15)(H,16,17). The number of allylic oxidation sites excluding steroid dienone is 1. The lowest BCUT2D eigenvalue weighted by Crippen LogP contribution is -2.40. The summed E-state index contributed by atoms with van der Waals surface area (Å²) in [5.41, 5.74) is 0. The van der Waals surface area contributed by atoms with Gasteiger partial charge in [-0.05, 0) is 25.8 Å². The third kappa shape index (κ3) is 4.10. The van der Waals surface area contributed by atoms with Gasteiger partial charge in [0.05, 0.1) is 7.11 Å². The molecule has 0 aliphatic rings. The summed E-state index contributed by atoms with van der Waals surface area (Å²) in [6.45, 7) is 5.39. The van der Waals surface area contributed by atoms with Crippen molar-refractivity contribution < 1.29 is 19.4 Å². The minimum Gasteiger partial charge on any atom is -0.495 e. The lowest BCUT2D eigenvalue weighted by atomic mass is 10.1. The molecule has 0 aliphatic carbocycles. The second-order valence-electron chi connectivity index (χ2n) is 3.98.